The lowest BCUT2D eigenvalue weighted by atomic mass is 9.76. The Labute approximate surface area is 320 Å². The summed E-state index contributed by atoms with van der Waals surface area (Å²) in [5.41, 5.74) is 17.5. The van der Waals surface area contributed by atoms with Crippen molar-refractivity contribution >= 4 is 54.3 Å². The zero-order valence-corrected chi connectivity index (χ0v) is 31.4. The normalized spacial score (nSPS) is 14.8. The summed E-state index contributed by atoms with van der Waals surface area (Å²) < 4.78 is 6.81. The van der Waals surface area contributed by atoms with Crippen molar-refractivity contribution < 1.29 is 4.42 Å². The zero-order chi connectivity index (χ0) is 36.8. The summed E-state index contributed by atoms with van der Waals surface area (Å²) in [7, 11) is 0. The first-order chi connectivity index (χ1) is 26.8. The Kier molecular flexibility index (Phi) is 5.98. The molecule has 1 aromatic heterocycles. The number of fused-ring (bicyclic) bond motifs is 15. The molecule has 1 heteroatoms. The lowest BCUT2D eigenvalue weighted by Crippen LogP contribution is -2.16. The van der Waals surface area contributed by atoms with Crippen LogP contribution in [0.15, 0.2) is 162 Å². The summed E-state index contributed by atoms with van der Waals surface area (Å²) in [5, 5.41) is 10.1. The maximum Gasteiger partial charge on any atom is 0.144 e. The molecule has 0 amide bonds. The summed E-state index contributed by atoms with van der Waals surface area (Å²) in [5.74, 6) is 0. The summed E-state index contributed by atoms with van der Waals surface area (Å²) in [6, 6.07) is 58.7. The van der Waals surface area contributed by atoms with Crippen molar-refractivity contribution in [3.63, 3.8) is 0 Å². The lowest BCUT2D eigenvalue weighted by molar-refractivity contribution is 0.658. The van der Waals surface area contributed by atoms with E-state index in [9.17, 15) is 0 Å². The minimum Gasteiger partial charge on any atom is -0.455 e. The van der Waals surface area contributed by atoms with Crippen molar-refractivity contribution in [1.82, 2.24) is 0 Å². The fourth-order valence-electron chi connectivity index (χ4n) is 10.9. The molecule has 0 unspecified atom stereocenters. The Morgan fingerprint density at radius 2 is 0.909 bits per heavy atom. The Morgan fingerprint density at radius 1 is 0.364 bits per heavy atom. The van der Waals surface area contributed by atoms with Crippen LogP contribution in [0.3, 0.4) is 0 Å². The van der Waals surface area contributed by atoms with Crippen molar-refractivity contribution in [3.8, 4) is 44.5 Å². The molecule has 0 radical (unpaired) electrons. The van der Waals surface area contributed by atoms with Gasteiger partial charge >= 0.3 is 0 Å². The standard InChI is InChI=1S/C54H38O/c1-53(2)43-26-13-11-16-32(43)38-24-15-25-42(50(38)53)47-35-19-7-5-17-33(35)46(34-18-6-8-20-36(34)47)31-28-29-40-44(30-31)54(3,4)51-39-22-10-9-21-37(39)48-41-23-12-14-27-45(41)55-52(48)49(40)51/h5-30H,1-4H3. The van der Waals surface area contributed by atoms with Crippen molar-refractivity contribution in [1.29, 1.82) is 0 Å². The second-order valence-electron chi connectivity index (χ2n) is 16.7. The molecule has 0 fully saturated rings. The molecule has 55 heavy (non-hydrogen) atoms. The average Bonchev–Trinajstić information content (AvgIpc) is 3.80. The largest absolute Gasteiger partial charge is 0.455 e. The fraction of sp³-hybridized carbons (Fsp3) is 0.111. The highest BCUT2D eigenvalue weighted by atomic mass is 16.3. The number of rotatable bonds is 2. The molecule has 0 saturated carbocycles. The summed E-state index contributed by atoms with van der Waals surface area (Å²) in [6.45, 7) is 9.59. The Balaban J connectivity index is 1.14. The fourth-order valence-corrected chi connectivity index (χ4v) is 10.9. The van der Waals surface area contributed by atoms with E-state index < -0.39 is 0 Å². The van der Waals surface area contributed by atoms with Crippen LogP contribution < -0.4 is 0 Å². The van der Waals surface area contributed by atoms with E-state index in [4.69, 9.17) is 4.42 Å². The van der Waals surface area contributed by atoms with Crippen LogP contribution in [0.4, 0.5) is 0 Å². The zero-order valence-electron chi connectivity index (χ0n) is 31.4. The summed E-state index contributed by atoms with van der Waals surface area (Å²) in [6.07, 6.45) is 0. The highest BCUT2D eigenvalue weighted by Crippen LogP contribution is 2.58. The molecule has 0 saturated heterocycles. The van der Waals surface area contributed by atoms with E-state index in [1.165, 1.54) is 110 Å². The van der Waals surface area contributed by atoms with Gasteiger partial charge in [0.2, 0.25) is 0 Å². The molecule has 0 N–H and O–H groups in total. The van der Waals surface area contributed by atoms with E-state index in [1.807, 2.05) is 0 Å². The first kappa shape index (κ1) is 31.0. The molecule has 2 aliphatic rings. The highest BCUT2D eigenvalue weighted by Gasteiger charge is 2.41. The molecule has 260 valence electrons. The minimum absolute atomic E-state index is 0.126. The SMILES string of the molecule is CC1(C)c2ccccc2-c2cccc(-c3c4ccccc4c(-c4ccc5c(c4)C(C)(C)c4c-5c5oc6ccccc6c5c5ccccc45)c4ccccc34)c21. The number of hydrogen-bond donors (Lipinski definition) is 0. The molecule has 9 aromatic carbocycles. The molecule has 2 aliphatic carbocycles. The third-order valence-electron chi connectivity index (χ3n) is 13.2. The third kappa shape index (κ3) is 3.88. The molecule has 1 nitrogen and oxygen atoms in total. The first-order valence-corrected chi connectivity index (χ1v) is 19.5. The summed E-state index contributed by atoms with van der Waals surface area (Å²) >= 11 is 0. The van der Waals surface area contributed by atoms with Crippen LogP contribution in [0.5, 0.6) is 0 Å². The van der Waals surface area contributed by atoms with Crippen LogP contribution in [0.25, 0.3) is 98.8 Å². The van der Waals surface area contributed by atoms with Crippen LogP contribution in [0.2, 0.25) is 0 Å². The van der Waals surface area contributed by atoms with E-state index in [1.54, 1.807) is 0 Å². The minimum atomic E-state index is -0.246. The predicted molar refractivity (Wildman–Crippen MR) is 232 cm³/mol. The molecular formula is C54H38O. The van der Waals surface area contributed by atoms with Crippen LogP contribution in [0.1, 0.15) is 49.9 Å². The van der Waals surface area contributed by atoms with Crippen molar-refractivity contribution in [2.75, 3.05) is 0 Å². The van der Waals surface area contributed by atoms with Crippen molar-refractivity contribution in [2.24, 2.45) is 0 Å². The van der Waals surface area contributed by atoms with E-state index >= 15 is 0 Å². The number of hydrogen-bond acceptors (Lipinski definition) is 1. The van der Waals surface area contributed by atoms with Gasteiger partial charge in [-0.3, -0.25) is 0 Å². The molecule has 0 spiro atoms. The van der Waals surface area contributed by atoms with Gasteiger partial charge in [-0.15, -0.1) is 0 Å². The number of benzene rings is 9. The van der Waals surface area contributed by atoms with Gasteiger partial charge in [0.25, 0.3) is 0 Å². The third-order valence-corrected chi connectivity index (χ3v) is 13.2. The van der Waals surface area contributed by atoms with Crippen LogP contribution in [0, 0.1) is 0 Å². The Bertz CT molecular complexity index is 3260. The Hall–Kier alpha value is -6.44. The maximum absolute atomic E-state index is 6.81. The van der Waals surface area contributed by atoms with Crippen LogP contribution in [-0.2, 0) is 10.8 Å². The average molecular weight is 703 g/mol. The number of para-hydroxylation sites is 1. The highest BCUT2D eigenvalue weighted by molar-refractivity contribution is 6.26. The Morgan fingerprint density at radius 3 is 1.64 bits per heavy atom. The summed E-state index contributed by atoms with van der Waals surface area (Å²) in [4.78, 5) is 0. The lowest BCUT2D eigenvalue weighted by Gasteiger charge is -2.26. The van der Waals surface area contributed by atoms with Gasteiger partial charge in [-0.25, -0.2) is 0 Å². The van der Waals surface area contributed by atoms with Crippen molar-refractivity contribution in [3.05, 3.63) is 180 Å². The molecular weight excluding hydrogens is 665 g/mol. The van der Waals surface area contributed by atoms with Crippen LogP contribution in [-0.4, -0.2) is 0 Å². The molecule has 0 aliphatic heterocycles. The maximum atomic E-state index is 6.81. The van der Waals surface area contributed by atoms with Gasteiger partial charge in [-0.1, -0.05) is 173 Å². The molecule has 10 aromatic rings. The number of furan rings is 1. The van der Waals surface area contributed by atoms with Gasteiger partial charge in [0.15, 0.2) is 0 Å². The van der Waals surface area contributed by atoms with Gasteiger partial charge < -0.3 is 4.42 Å². The van der Waals surface area contributed by atoms with Gasteiger partial charge in [0.05, 0.1) is 0 Å². The first-order valence-electron chi connectivity index (χ1n) is 19.5. The van der Waals surface area contributed by atoms with E-state index in [0.717, 1.165) is 11.2 Å². The predicted octanol–water partition coefficient (Wildman–Crippen LogP) is 15.0. The smallest absolute Gasteiger partial charge is 0.144 e. The van der Waals surface area contributed by atoms with E-state index in [2.05, 4.69) is 185 Å². The van der Waals surface area contributed by atoms with Gasteiger partial charge in [-0.05, 0) is 106 Å². The van der Waals surface area contributed by atoms with E-state index in [-0.39, 0.29) is 10.8 Å². The van der Waals surface area contributed by atoms with Gasteiger partial charge in [0.1, 0.15) is 11.2 Å². The van der Waals surface area contributed by atoms with Gasteiger partial charge in [0, 0.05) is 27.2 Å². The van der Waals surface area contributed by atoms with Gasteiger partial charge in [-0.2, -0.15) is 0 Å². The molecule has 12 rings (SSSR count). The quantitative estimate of drug-likeness (QED) is 0.163. The van der Waals surface area contributed by atoms with E-state index in [0.29, 0.717) is 0 Å². The monoisotopic (exact) mass is 702 g/mol. The van der Waals surface area contributed by atoms with Crippen LogP contribution >= 0.6 is 0 Å². The molecule has 0 atom stereocenters. The second-order valence-corrected chi connectivity index (χ2v) is 16.7. The second kappa shape index (κ2) is 10.6. The topological polar surface area (TPSA) is 13.1 Å². The van der Waals surface area contributed by atoms with Crippen molar-refractivity contribution in [2.45, 2.75) is 38.5 Å². The molecule has 1 heterocycles. The molecule has 0 bridgehead atoms.